The highest BCUT2D eigenvalue weighted by Gasteiger charge is 2.43. The van der Waals surface area contributed by atoms with Crippen LogP contribution in [0.4, 0.5) is 5.69 Å². The van der Waals surface area contributed by atoms with Gasteiger partial charge in [-0.2, -0.15) is 0 Å². The molecule has 2 aromatic rings. The van der Waals surface area contributed by atoms with Crippen molar-refractivity contribution in [2.45, 2.75) is 29.0 Å². The van der Waals surface area contributed by atoms with E-state index >= 15 is 0 Å². The van der Waals surface area contributed by atoms with Crippen molar-refractivity contribution in [3.05, 3.63) is 70.3 Å². The van der Waals surface area contributed by atoms with Crippen LogP contribution in [0.3, 0.4) is 0 Å². The number of hydrogen-bond acceptors (Lipinski definition) is 4. The minimum Gasteiger partial charge on any atom is -0.355 e. The minimum absolute atomic E-state index is 0. The van der Waals surface area contributed by atoms with E-state index in [1.807, 2.05) is 17.8 Å². The van der Waals surface area contributed by atoms with E-state index in [4.69, 9.17) is 0 Å². The molecule has 0 atom stereocenters. The van der Waals surface area contributed by atoms with Gasteiger partial charge in [-0.15, -0.1) is 35.7 Å². The van der Waals surface area contributed by atoms with E-state index in [0.29, 0.717) is 18.1 Å². The molecule has 8 heteroatoms. The number of guanidine groups is 1. The van der Waals surface area contributed by atoms with Gasteiger partial charge in [0.2, 0.25) is 0 Å². The lowest BCUT2D eigenvalue weighted by atomic mass is 10.2. The highest BCUT2D eigenvalue weighted by molar-refractivity contribution is 14.0. The van der Waals surface area contributed by atoms with Gasteiger partial charge < -0.3 is 10.6 Å². The Morgan fingerprint density at radius 3 is 2.44 bits per heavy atom. The lowest BCUT2D eigenvalue weighted by Crippen LogP contribution is -2.40. The van der Waals surface area contributed by atoms with Crippen molar-refractivity contribution in [2.24, 2.45) is 4.99 Å². The molecular weight excluding hydrogens is 475 g/mol. The quantitative estimate of drug-likeness (QED) is 0.197. The molecule has 0 radical (unpaired) electrons. The van der Waals surface area contributed by atoms with Crippen LogP contribution >= 0.6 is 35.7 Å². The van der Waals surface area contributed by atoms with Crippen LogP contribution in [0.1, 0.15) is 18.4 Å². The number of nitro groups is 1. The van der Waals surface area contributed by atoms with Gasteiger partial charge in [0, 0.05) is 41.4 Å². The third-order valence-corrected chi connectivity index (χ3v) is 5.81. The zero-order valence-electron chi connectivity index (χ0n) is 15.1. The summed E-state index contributed by atoms with van der Waals surface area (Å²) in [5, 5.41) is 17.6. The van der Waals surface area contributed by atoms with Crippen molar-refractivity contribution < 1.29 is 4.92 Å². The molecule has 6 nitrogen and oxygen atoms in total. The third kappa shape index (κ3) is 6.10. The fourth-order valence-electron chi connectivity index (χ4n) is 2.68. The second-order valence-electron chi connectivity index (χ2n) is 6.26. The average molecular weight is 498 g/mol. The van der Waals surface area contributed by atoms with Crippen LogP contribution in [0.15, 0.2) is 64.5 Å². The first-order valence-electron chi connectivity index (χ1n) is 8.53. The standard InChI is InChI=1S/C19H22N4O2S.HI/c1-20-18(21-13-15-7-5-6-10-17(15)23(24)25)22-14-19(11-12-19)26-16-8-3-2-4-9-16;/h2-10H,11-14H2,1H3,(H2,20,21,22);1H. The molecule has 0 saturated heterocycles. The zero-order valence-corrected chi connectivity index (χ0v) is 18.2. The number of aliphatic imine (C=N–C) groups is 1. The van der Waals surface area contributed by atoms with Crippen LogP contribution in [0.2, 0.25) is 0 Å². The summed E-state index contributed by atoms with van der Waals surface area (Å²) in [6.07, 6.45) is 2.33. The van der Waals surface area contributed by atoms with E-state index in [1.165, 1.54) is 23.8 Å². The molecular formula is C19H23IN4O2S. The third-order valence-electron chi connectivity index (χ3n) is 4.32. The van der Waals surface area contributed by atoms with Gasteiger partial charge in [0.1, 0.15) is 0 Å². The average Bonchev–Trinajstić information content (AvgIpc) is 3.42. The summed E-state index contributed by atoms with van der Waals surface area (Å²) in [5.41, 5.74) is 0.758. The van der Waals surface area contributed by atoms with Gasteiger partial charge in [0.05, 0.1) is 4.92 Å². The van der Waals surface area contributed by atoms with Crippen molar-refractivity contribution in [1.29, 1.82) is 0 Å². The Balaban J connectivity index is 0.00000261. The van der Waals surface area contributed by atoms with Crippen molar-refractivity contribution >= 4 is 47.4 Å². The number of para-hydroxylation sites is 1. The molecule has 0 aromatic heterocycles. The summed E-state index contributed by atoms with van der Waals surface area (Å²) in [6, 6.07) is 17.1. The van der Waals surface area contributed by atoms with E-state index < -0.39 is 0 Å². The molecule has 0 unspecified atom stereocenters. The molecule has 0 aliphatic heterocycles. The molecule has 3 rings (SSSR count). The van der Waals surface area contributed by atoms with Crippen LogP contribution in [-0.2, 0) is 6.54 Å². The number of rotatable bonds is 7. The van der Waals surface area contributed by atoms with E-state index in [0.717, 1.165) is 6.54 Å². The Labute approximate surface area is 180 Å². The fraction of sp³-hybridized carbons (Fsp3) is 0.316. The Morgan fingerprint density at radius 1 is 1.15 bits per heavy atom. The van der Waals surface area contributed by atoms with Gasteiger partial charge in [-0.25, -0.2) is 0 Å². The molecule has 27 heavy (non-hydrogen) atoms. The first kappa shape index (κ1) is 21.5. The lowest BCUT2D eigenvalue weighted by Gasteiger charge is -2.18. The van der Waals surface area contributed by atoms with Gasteiger partial charge in [-0.1, -0.05) is 36.4 Å². The maximum Gasteiger partial charge on any atom is 0.274 e. The number of halogens is 1. The van der Waals surface area contributed by atoms with Gasteiger partial charge in [-0.3, -0.25) is 15.1 Å². The first-order valence-corrected chi connectivity index (χ1v) is 9.34. The van der Waals surface area contributed by atoms with E-state index in [2.05, 4.69) is 39.9 Å². The molecule has 1 aliphatic rings. The summed E-state index contributed by atoms with van der Waals surface area (Å²) in [7, 11) is 1.71. The highest BCUT2D eigenvalue weighted by atomic mass is 127. The number of nitro benzene ring substituents is 1. The SMILES string of the molecule is CN=C(NCc1ccccc1[N+](=O)[O-])NCC1(Sc2ccccc2)CC1.I. The molecule has 2 N–H and O–H groups in total. The summed E-state index contributed by atoms with van der Waals surface area (Å²) in [4.78, 5) is 16.2. The molecule has 0 bridgehead atoms. The number of nitrogens with one attached hydrogen (secondary N) is 2. The molecule has 1 aliphatic carbocycles. The second kappa shape index (κ2) is 9.93. The van der Waals surface area contributed by atoms with Crippen LogP contribution in [0.5, 0.6) is 0 Å². The molecule has 144 valence electrons. The number of benzene rings is 2. The Hall–Kier alpha value is -1.81. The van der Waals surface area contributed by atoms with Crippen LogP contribution in [0.25, 0.3) is 0 Å². The maximum atomic E-state index is 11.1. The van der Waals surface area contributed by atoms with Gasteiger partial charge in [-0.05, 0) is 25.0 Å². The Morgan fingerprint density at radius 2 is 1.81 bits per heavy atom. The van der Waals surface area contributed by atoms with Gasteiger partial charge in [0.15, 0.2) is 5.96 Å². The maximum absolute atomic E-state index is 11.1. The topological polar surface area (TPSA) is 79.6 Å². The summed E-state index contributed by atoms with van der Waals surface area (Å²) in [5.74, 6) is 0.656. The molecule has 1 fully saturated rings. The van der Waals surface area contributed by atoms with E-state index in [-0.39, 0.29) is 39.3 Å². The number of hydrogen-bond donors (Lipinski definition) is 2. The summed E-state index contributed by atoms with van der Waals surface area (Å²) < 4.78 is 0.206. The summed E-state index contributed by atoms with van der Waals surface area (Å²) in [6.45, 7) is 1.17. The van der Waals surface area contributed by atoms with Gasteiger partial charge >= 0.3 is 0 Å². The van der Waals surface area contributed by atoms with Crippen molar-refractivity contribution in [3.8, 4) is 0 Å². The lowest BCUT2D eigenvalue weighted by molar-refractivity contribution is -0.385. The van der Waals surface area contributed by atoms with E-state index in [1.54, 1.807) is 25.2 Å². The van der Waals surface area contributed by atoms with Crippen LogP contribution in [0, 0.1) is 10.1 Å². The summed E-state index contributed by atoms with van der Waals surface area (Å²) >= 11 is 1.90. The molecule has 2 aromatic carbocycles. The predicted molar refractivity (Wildman–Crippen MR) is 121 cm³/mol. The minimum atomic E-state index is -0.358. The van der Waals surface area contributed by atoms with Crippen molar-refractivity contribution in [1.82, 2.24) is 10.6 Å². The second-order valence-corrected chi connectivity index (χ2v) is 7.80. The first-order chi connectivity index (χ1) is 12.6. The largest absolute Gasteiger partial charge is 0.355 e. The van der Waals surface area contributed by atoms with Crippen molar-refractivity contribution in [3.63, 3.8) is 0 Å². The predicted octanol–water partition coefficient (Wildman–Crippen LogP) is 4.20. The fourth-order valence-corrected chi connectivity index (χ4v) is 3.92. The number of thioether (sulfide) groups is 1. The Kier molecular flexibility index (Phi) is 7.91. The van der Waals surface area contributed by atoms with Crippen LogP contribution in [-0.4, -0.2) is 29.2 Å². The van der Waals surface area contributed by atoms with Crippen molar-refractivity contribution in [2.75, 3.05) is 13.6 Å². The van der Waals surface area contributed by atoms with Crippen LogP contribution < -0.4 is 10.6 Å². The smallest absolute Gasteiger partial charge is 0.274 e. The number of nitrogens with zero attached hydrogens (tertiary/aromatic N) is 2. The molecule has 0 amide bonds. The highest BCUT2D eigenvalue weighted by Crippen LogP contribution is 2.51. The normalized spacial score (nSPS) is 14.8. The van der Waals surface area contributed by atoms with Gasteiger partial charge in [0.25, 0.3) is 5.69 Å². The van der Waals surface area contributed by atoms with E-state index in [9.17, 15) is 10.1 Å². The zero-order chi connectivity index (χ0) is 18.4. The molecule has 0 spiro atoms. The molecule has 0 heterocycles. The molecule has 1 saturated carbocycles. The Bertz CT molecular complexity index is 797. The monoisotopic (exact) mass is 498 g/mol.